The lowest BCUT2D eigenvalue weighted by atomic mass is 10.1. The molecule has 1 aliphatic heterocycles. The number of aromatic amines is 1. The number of fused-ring (bicyclic) bond motifs is 1. The molecule has 0 saturated carbocycles. The molecular weight excluding hydrogens is 258 g/mol. The van der Waals surface area contributed by atoms with E-state index in [0.717, 1.165) is 17.7 Å². The van der Waals surface area contributed by atoms with Gasteiger partial charge in [-0.05, 0) is 37.1 Å². The Morgan fingerprint density at radius 3 is 2.95 bits per heavy atom. The second kappa shape index (κ2) is 4.84. The molecule has 0 atom stereocenters. The van der Waals surface area contributed by atoms with Crippen LogP contribution in [0.4, 0.5) is 5.69 Å². The Bertz CT molecular complexity index is 665. The van der Waals surface area contributed by atoms with Gasteiger partial charge in [0.2, 0.25) is 5.91 Å². The molecule has 0 saturated heterocycles. The first-order chi connectivity index (χ1) is 9.65. The highest BCUT2D eigenvalue weighted by Gasteiger charge is 2.25. The minimum Gasteiger partial charge on any atom is -0.311 e. The van der Waals surface area contributed by atoms with Crippen LogP contribution in [0.2, 0.25) is 0 Å². The third kappa shape index (κ3) is 2.18. The number of nitrogens with one attached hydrogen (secondary N) is 1. The minimum absolute atomic E-state index is 0.0318. The lowest BCUT2D eigenvalue weighted by Gasteiger charge is -2.16. The van der Waals surface area contributed by atoms with Gasteiger partial charge in [-0.15, -0.1) is 10.2 Å². The van der Waals surface area contributed by atoms with Gasteiger partial charge < -0.3 is 4.90 Å². The van der Waals surface area contributed by atoms with E-state index in [-0.39, 0.29) is 18.1 Å². The molecule has 0 radical (unpaired) electrons. The number of carbonyl (C=O) groups excluding carboxylic acids is 2. The zero-order valence-corrected chi connectivity index (χ0v) is 11.0. The van der Waals surface area contributed by atoms with E-state index in [1.807, 2.05) is 12.1 Å². The number of anilines is 1. The maximum Gasteiger partial charge on any atom is 0.234 e. The molecule has 0 spiro atoms. The predicted octanol–water partition coefficient (Wildman–Crippen LogP) is 0.534. The summed E-state index contributed by atoms with van der Waals surface area (Å²) in [5.74, 6) is 0.342. The predicted molar refractivity (Wildman–Crippen MR) is 70.4 cm³/mol. The number of H-pyrrole nitrogens is 1. The number of amides is 1. The largest absolute Gasteiger partial charge is 0.311 e. The highest BCUT2D eigenvalue weighted by Crippen LogP contribution is 2.29. The number of Topliss-reactive ketones (excluding diaryl/α,β-unsaturated/α-hetero) is 1. The molecule has 1 N–H and O–H groups in total. The van der Waals surface area contributed by atoms with E-state index in [1.165, 1.54) is 6.92 Å². The molecule has 0 fully saturated rings. The van der Waals surface area contributed by atoms with Crippen molar-refractivity contribution >= 4 is 17.4 Å². The van der Waals surface area contributed by atoms with Gasteiger partial charge in [0.05, 0.1) is 6.42 Å². The lowest BCUT2D eigenvalue weighted by Crippen LogP contribution is -2.30. The number of carbonyl (C=O) groups is 2. The van der Waals surface area contributed by atoms with Crippen molar-refractivity contribution in [2.24, 2.45) is 0 Å². The molecular formula is C13H13N5O2. The zero-order chi connectivity index (χ0) is 14.1. The lowest BCUT2D eigenvalue weighted by molar-refractivity contribution is -0.118. The average Bonchev–Trinajstić information content (AvgIpc) is 3.06. The van der Waals surface area contributed by atoms with Crippen molar-refractivity contribution in [1.82, 2.24) is 20.6 Å². The summed E-state index contributed by atoms with van der Waals surface area (Å²) in [5.41, 5.74) is 2.57. The van der Waals surface area contributed by atoms with E-state index < -0.39 is 0 Å². The first kappa shape index (κ1) is 12.5. The summed E-state index contributed by atoms with van der Waals surface area (Å²) >= 11 is 0. The molecule has 0 bridgehead atoms. The smallest absolute Gasteiger partial charge is 0.234 e. The number of nitrogens with zero attached hydrogens (tertiary/aromatic N) is 4. The second-order valence-electron chi connectivity index (χ2n) is 4.70. The van der Waals surface area contributed by atoms with Gasteiger partial charge in [0.25, 0.3) is 0 Å². The third-order valence-corrected chi connectivity index (χ3v) is 3.38. The van der Waals surface area contributed by atoms with Gasteiger partial charge in [-0.25, -0.2) is 0 Å². The number of rotatable bonds is 3. The normalized spacial score (nSPS) is 13.3. The summed E-state index contributed by atoms with van der Waals surface area (Å²) in [5, 5.41) is 13.3. The van der Waals surface area contributed by atoms with Crippen LogP contribution in [0.1, 0.15) is 28.7 Å². The molecule has 7 heteroatoms. The van der Waals surface area contributed by atoms with Crippen LogP contribution in [0, 0.1) is 0 Å². The first-order valence-electron chi connectivity index (χ1n) is 6.31. The van der Waals surface area contributed by atoms with Gasteiger partial charge in [0, 0.05) is 17.8 Å². The Morgan fingerprint density at radius 2 is 2.25 bits per heavy atom. The number of aromatic nitrogens is 4. The van der Waals surface area contributed by atoms with Crippen molar-refractivity contribution in [3.63, 3.8) is 0 Å². The molecule has 0 aliphatic carbocycles. The van der Waals surface area contributed by atoms with Crippen LogP contribution in [-0.4, -0.2) is 38.9 Å². The van der Waals surface area contributed by atoms with Gasteiger partial charge >= 0.3 is 0 Å². The standard InChI is InChI=1S/C13H13N5O2/c1-8(19)9-2-3-11-10(6-9)4-5-18(11)13(20)7-12-14-16-17-15-12/h2-3,6H,4-5,7H2,1H3,(H,14,15,16,17). The Kier molecular flexibility index (Phi) is 3.02. The van der Waals surface area contributed by atoms with E-state index in [2.05, 4.69) is 20.6 Å². The van der Waals surface area contributed by atoms with Crippen LogP contribution >= 0.6 is 0 Å². The van der Waals surface area contributed by atoms with Crippen molar-refractivity contribution in [2.45, 2.75) is 19.8 Å². The van der Waals surface area contributed by atoms with Gasteiger partial charge in [-0.2, -0.15) is 5.21 Å². The molecule has 3 rings (SSSR count). The van der Waals surface area contributed by atoms with Gasteiger partial charge in [0.1, 0.15) is 0 Å². The number of tetrazole rings is 1. The van der Waals surface area contributed by atoms with Crippen molar-refractivity contribution in [1.29, 1.82) is 0 Å². The van der Waals surface area contributed by atoms with Crippen molar-refractivity contribution in [3.8, 4) is 0 Å². The molecule has 2 heterocycles. The summed E-state index contributed by atoms with van der Waals surface area (Å²) in [7, 11) is 0. The maximum atomic E-state index is 12.2. The van der Waals surface area contributed by atoms with Crippen LogP contribution in [0.15, 0.2) is 18.2 Å². The van der Waals surface area contributed by atoms with Crippen LogP contribution in [0.5, 0.6) is 0 Å². The third-order valence-electron chi connectivity index (χ3n) is 3.38. The van der Waals surface area contributed by atoms with Crippen LogP contribution in [-0.2, 0) is 17.6 Å². The van der Waals surface area contributed by atoms with Crippen molar-refractivity contribution in [3.05, 3.63) is 35.2 Å². The topological polar surface area (TPSA) is 91.8 Å². The van der Waals surface area contributed by atoms with E-state index >= 15 is 0 Å². The quantitative estimate of drug-likeness (QED) is 0.822. The molecule has 7 nitrogen and oxygen atoms in total. The fourth-order valence-electron chi connectivity index (χ4n) is 2.37. The number of hydrogen-bond acceptors (Lipinski definition) is 5. The summed E-state index contributed by atoms with van der Waals surface area (Å²) in [6.07, 6.45) is 0.874. The Morgan fingerprint density at radius 1 is 1.40 bits per heavy atom. The number of ketones is 1. The highest BCUT2D eigenvalue weighted by atomic mass is 16.2. The van der Waals surface area contributed by atoms with Gasteiger partial charge in [-0.1, -0.05) is 5.21 Å². The summed E-state index contributed by atoms with van der Waals surface area (Å²) in [4.78, 5) is 25.3. The van der Waals surface area contributed by atoms with E-state index in [9.17, 15) is 9.59 Å². The van der Waals surface area contributed by atoms with Crippen molar-refractivity contribution < 1.29 is 9.59 Å². The molecule has 1 amide bonds. The zero-order valence-electron chi connectivity index (χ0n) is 11.0. The van der Waals surface area contributed by atoms with E-state index in [0.29, 0.717) is 17.9 Å². The van der Waals surface area contributed by atoms with E-state index in [4.69, 9.17) is 0 Å². The summed E-state index contributed by atoms with van der Waals surface area (Å²) in [6, 6.07) is 5.44. The SMILES string of the molecule is CC(=O)c1ccc2c(c1)CCN2C(=O)Cc1nn[nH]n1. The molecule has 1 aromatic carbocycles. The van der Waals surface area contributed by atoms with Crippen LogP contribution < -0.4 is 4.90 Å². The first-order valence-corrected chi connectivity index (χ1v) is 6.31. The number of hydrogen-bond donors (Lipinski definition) is 1. The van der Waals surface area contributed by atoms with E-state index in [1.54, 1.807) is 11.0 Å². The fraction of sp³-hybridized carbons (Fsp3) is 0.308. The Balaban J connectivity index is 1.82. The molecule has 1 aliphatic rings. The highest BCUT2D eigenvalue weighted by molar-refractivity contribution is 5.99. The molecule has 102 valence electrons. The van der Waals surface area contributed by atoms with Crippen molar-refractivity contribution in [2.75, 3.05) is 11.4 Å². The summed E-state index contributed by atoms with van der Waals surface area (Å²) < 4.78 is 0. The molecule has 1 aromatic heterocycles. The van der Waals surface area contributed by atoms with Crippen LogP contribution in [0.3, 0.4) is 0 Å². The molecule has 0 unspecified atom stereocenters. The monoisotopic (exact) mass is 271 g/mol. The summed E-state index contributed by atoms with van der Waals surface area (Å²) in [6.45, 7) is 2.16. The molecule has 2 aromatic rings. The number of benzene rings is 1. The average molecular weight is 271 g/mol. The minimum atomic E-state index is -0.0688. The Hall–Kier alpha value is -2.57. The molecule has 20 heavy (non-hydrogen) atoms. The van der Waals surface area contributed by atoms with Gasteiger partial charge in [-0.3, -0.25) is 9.59 Å². The fourth-order valence-corrected chi connectivity index (χ4v) is 2.37. The maximum absolute atomic E-state index is 12.2. The van der Waals surface area contributed by atoms with Gasteiger partial charge in [0.15, 0.2) is 11.6 Å². The second-order valence-corrected chi connectivity index (χ2v) is 4.70. The Labute approximate surface area is 115 Å². The van der Waals surface area contributed by atoms with Crippen LogP contribution in [0.25, 0.3) is 0 Å².